The Bertz CT molecular complexity index is 2080. The van der Waals surface area contributed by atoms with Gasteiger partial charge in [-0.2, -0.15) is 10.1 Å². The molecule has 218 valence electrons. The first-order valence-corrected chi connectivity index (χ1v) is 14.3. The second-order valence-corrected chi connectivity index (χ2v) is 11.4. The maximum absolute atomic E-state index is 14.0. The number of benzene rings is 2. The van der Waals surface area contributed by atoms with Crippen molar-refractivity contribution in [1.82, 2.24) is 43.9 Å². The Balaban J connectivity index is 1.34. The van der Waals surface area contributed by atoms with Gasteiger partial charge in [-0.1, -0.05) is 12.1 Å². The quantitative estimate of drug-likeness (QED) is 0.317. The Morgan fingerprint density at radius 3 is 2.65 bits per heavy atom. The average molecular weight is 577 g/mol. The molecule has 0 atom stereocenters. The van der Waals surface area contributed by atoms with Crippen molar-refractivity contribution in [3.05, 3.63) is 82.2 Å². The molecule has 1 amide bonds. The molecule has 12 heteroatoms. The van der Waals surface area contributed by atoms with Crippen LogP contribution in [0.15, 0.2) is 59.8 Å². The number of carbonyl (C=O) groups excluding carboxylic acids is 1. The Morgan fingerprint density at radius 1 is 1.07 bits per heavy atom. The minimum absolute atomic E-state index is 0.193. The predicted molar refractivity (Wildman–Crippen MR) is 165 cm³/mol. The van der Waals surface area contributed by atoms with Gasteiger partial charge in [-0.15, -0.1) is 0 Å². The van der Waals surface area contributed by atoms with Crippen molar-refractivity contribution in [2.45, 2.75) is 25.7 Å². The van der Waals surface area contributed by atoms with Gasteiger partial charge in [0, 0.05) is 37.6 Å². The van der Waals surface area contributed by atoms with Crippen LogP contribution in [0.3, 0.4) is 0 Å². The number of fused-ring (bicyclic) bond motifs is 4. The molecule has 1 fully saturated rings. The molecule has 0 radical (unpaired) electrons. The highest BCUT2D eigenvalue weighted by molar-refractivity contribution is 5.94. The Labute approximate surface area is 247 Å². The van der Waals surface area contributed by atoms with Gasteiger partial charge in [-0.05, 0) is 81.2 Å². The van der Waals surface area contributed by atoms with E-state index >= 15 is 0 Å². The lowest BCUT2D eigenvalue weighted by molar-refractivity contribution is 0.0822. The molecule has 4 aromatic heterocycles. The van der Waals surface area contributed by atoms with E-state index in [0.29, 0.717) is 23.2 Å². The van der Waals surface area contributed by atoms with E-state index in [1.807, 2.05) is 18.2 Å². The molecule has 2 aromatic carbocycles. The molecule has 43 heavy (non-hydrogen) atoms. The molecule has 0 unspecified atom stereocenters. The van der Waals surface area contributed by atoms with E-state index in [0.717, 1.165) is 42.5 Å². The largest absolute Gasteiger partial charge is 0.343 e. The number of aromatic nitrogens is 7. The van der Waals surface area contributed by atoms with E-state index in [2.05, 4.69) is 62.6 Å². The van der Waals surface area contributed by atoms with Crippen molar-refractivity contribution >= 4 is 45.3 Å². The van der Waals surface area contributed by atoms with Crippen molar-refractivity contribution in [3.8, 4) is 5.69 Å². The summed E-state index contributed by atoms with van der Waals surface area (Å²) in [5.41, 5.74) is 5.00. The summed E-state index contributed by atoms with van der Waals surface area (Å²) < 4.78 is 3.15. The Hall–Kier alpha value is -5.10. The van der Waals surface area contributed by atoms with Crippen LogP contribution in [-0.2, 0) is 0 Å². The summed E-state index contributed by atoms with van der Waals surface area (Å²) in [5.74, 6) is 0.874. The van der Waals surface area contributed by atoms with Gasteiger partial charge in [0.25, 0.3) is 11.5 Å². The van der Waals surface area contributed by atoms with Crippen molar-refractivity contribution in [3.63, 3.8) is 0 Å². The highest BCUT2D eigenvalue weighted by Gasteiger charge is 2.23. The molecule has 7 rings (SSSR count). The first-order chi connectivity index (χ1) is 20.8. The zero-order chi connectivity index (χ0) is 29.8. The van der Waals surface area contributed by atoms with E-state index in [4.69, 9.17) is 4.98 Å². The Kier molecular flexibility index (Phi) is 6.42. The first-order valence-electron chi connectivity index (χ1n) is 14.3. The van der Waals surface area contributed by atoms with Crippen molar-refractivity contribution in [2.24, 2.45) is 0 Å². The number of H-pyrrole nitrogens is 1. The molecular weight excluding hydrogens is 544 g/mol. The molecule has 0 aliphatic carbocycles. The van der Waals surface area contributed by atoms with Crippen LogP contribution in [0.25, 0.3) is 33.4 Å². The van der Waals surface area contributed by atoms with Gasteiger partial charge >= 0.3 is 0 Å². The highest BCUT2D eigenvalue weighted by Crippen LogP contribution is 2.32. The van der Waals surface area contributed by atoms with Gasteiger partial charge in [0.2, 0.25) is 11.7 Å². The number of nitrogens with zero attached hydrogens (tertiary/aromatic N) is 8. The molecule has 0 bridgehead atoms. The van der Waals surface area contributed by atoms with Gasteiger partial charge in [-0.25, -0.2) is 14.5 Å². The number of rotatable bonds is 5. The van der Waals surface area contributed by atoms with Crippen LogP contribution in [0, 0.1) is 6.92 Å². The number of anilines is 2. The normalized spacial score (nSPS) is 14.6. The van der Waals surface area contributed by atoms with Crippen molar-refractivity contribution in [1.29, 1.82) is 0 Å². The summed E-state index contributed by atoms with van der Waals surface area (Å²) in [6.45, 7) is 4.36. The van der Waals surface area contributed by atoms with Crippen molar-refractivity contribution in [2.75, 3.05) is 39.5 Å². The molecule has 12 nitrogen and oxygen atoms in total. The van der Waals surface area contributed by atoms with Gasteiger partial charge in [-0.3, -0.25) is 19.1 Å². The van der Waals surface area contributed by atoms with Gasteiger partial charge in [0.15, 0.2) is 5.65 Å². The van der Waals surface area contributed by atoms with E-state index in [9.17, 15) is 9.59 Å². The third-order valence-corrected chi connectivity index (χ3v) is 8.33. The molecule has 6 aromatic rings. The minimum atomic E-state index is -0.351. The molecule has 2 N–H and O–H groups in total. The van der Waals surface area contributed by atoms with Crippen LogP contribution in [-0.4, -0.2) is 84.1 Å². The lowest BCUT2D eigenvalue weighted by Crippen LogP contribution is -2.29. The standard InChI is InChI=1S/C31H32N10O2/c1-18-14-20(8-9-21(18)19-10-12-39(4)13-11-19)34-30-32-15-23-27(36-30)40-17-25(29(43)38(2)3)35-31(40)41(28(23)42)26-7-5-6-24-22(26)16-33-37-24/h5-9,14-17,19H,10-13H2,1-4H3,(H,33,37)(H,32,34,36). The van der Waals surface area contributed by atoms with E-state index < -0.39 is 0 Å². The number of likely N-dealkylation sites (tertiary alicyclic amines) is 1. The fraction of sp³-hybridized carbons (Fsp3) is 0.290. The fourth-order valence-corrected chi connectivity index (χ4v) is 6.02. The number of aromatic amines is 1. The van der Waals surface area contributed by atoms with Gasteiger partial charge in [0.1, 0.15) is 11.1 Å². The van der Waals surface area contributed by atoms with Crippen molar-refractivity contribution < 1.29 is 4.79 Å². The second kappa shape index (κ2) is 10.3. The number of amides is 1. The maximum Gasteiger partial charge on any atom is 0.273 e. The number of hydrogen-bond acceptors (Lipinski definition) is 8. The monoisotopic (exact) mass is 576 g/mol. The smallest absolute Gasteiger partial charge is 0.273 e. The zero-order valence-corrected chi connectivity index (χ0v) is 24.5. The maximum atomic E-state index is 14.0. The third kappa shape index (κ3) is 4.59. The molecule has 0 spiro atoms. The summed E-state index contributed by atoms with van der Waals surface area (Å²) in [7, 11) is 5.50. The summed E-state index contributed by atoms with van der Waals surface area (Å²) in [5, 5.41) is 11.4. The summed E-state index contributed by atoms with van der Waals surface area (Å²) in [6.07, 6.45) is 7.11. The first kappa shape index (κ1) is 26.8. The van der Waals surface area contributed by atoms with Crippen LogP contribution < -0.4 is 10.9 Å². The van der Waals surface area contributed by atoms with E-state index in [-0.39, 0.29) is 28.3 Å². The number of piperidine rings is 1. The average Bonchev–Trinajstić information content (AvgIpc) is 3.66. The summed E-state index contributed by atoms with van der Waals surface area (Å²) in [6, 6.07) is 11.9. The van der Waals surface area contributed by atoms with E-state index in [1.165, 1.54) is 26.8 Å². The molecule has 1 aliphatic heterocycles. The summed E-state index contributed by atoms with van der Waals surface area (Å²) >= 11 is 0. The van der Waals surface area contributed by atoms with Crippen LogP contribution >= 0.6 is 0 Å². The lowest BCUT2D eigenvalue weighted by atomic mass is 9.87. The summed E-state index contributed by atoms with van der Waals surface area (Å²) in [4.78, 5) is 44.7. The molecule has 1 aliphatic rings. The zero-order valence-electron chi connectivity index (χ0n) is 24.5. The van der Waals surface area contributed by atoms with E-state index in [1.54, 1.807) is 30.9 Å². The fourth-order valence-electron chi connectivity index (χ4n) is 6.02. The number of aryl methyl sites for hydroxylation is 1. The minimum Gasteiger partial charge on any atom is -0.343 e. The molecular formula is C31H32N10O2. The molecule has 0 saturated carbocycles. The van der Waals surface area contributed by atoms with Gasteiger partial charge in [0.05, 0.1) is 17.4 Å². The van der Waals surface area contributed by atoms with Crippen LogP contribution in [0.2, 0.25) is 0 Å². The number of imidazole rings is 1. The van der Waals surface area contributed by atoms with Gasteiger partial charge < -0.3 is 15.1 Å². The third-order valence-electron chi connectivity index (χ3n) is 8.33. The van der Waals surface area contributed by atoms with Crippen LogP contribution in [0.1, 0.15) is 40.4 Å². The number of carbonyl (C=O) groups is 1. The number of nitrogens with one attached hydrogen (secondary N) is 2. The highest BCUT2D eigenvalue weighted by atomic mass is 16.2. The SMILES string of the molecule is Cc1cc(Nc2ncc3c(=O)n(-c4cccc5[nH]ncc45)c4nc(C(=O)N(C)C)cn4c3n2)ccc1C1CCN(C)CC1. The molecule has 1 saturated heterocycles. The predicted octanol–water partition coefficient (Wildman–Crippen LogP) is 3.87. The molecule has 5 heterocycles. The van der Waals surface area contributed by atoms with Crippen LogP contribution in [0.5, 0.6) is 0 Å². The number of hydrogen-bond donors (Lipinski definition) is 2. The Morgan fingerprint density at radius 2 is 1.88 bits per heavy atom. The lowest BCUT2D eigenvalue weighted by Gasteiger charge is -2.30. The van der Waals surface area contributed by atoms with Crippen LogP contribution in [0.4, 0.5) is 11.6 Å². The topological polar surface area (TPSA) is 129 Å². The second-order valence-electron chi connectivity index (χ2n) is 11.4.